The van der Waals surface area contributed by atoms with Gasteiger partial charge in [0.1, 0.15) is 0 Å². The Morgan fingerprint density at radius 2 is 1.62 bits per heavy atom. The summed E-state index contributed by atoms with van der Waals surface area (Å²) in [5.41, 5.74) is 0.631. The lowest BCUT2D eigenvalue weighted by Gasteiger charge is -2.13. The summed E-state index contributed by atoms with van der Waals surface area (Å²) < 4.78 is 20.4. The van der Waals surface area contributed by atoms with Gasteiger partial charge in [-0.15, -0.1) is 0 Å². The number of ether oxygens (including phenoxy) is 4. The fourth-order valence-corrected chi connectivity index (χ4v) is 1.67. The number of rotatable bonds is 7. The molecule has 0 spiro atoms. The van der Waals surface area contributed by atoms with Crippen LogP contribution in [0.3, 0.4) is 0 Å². The standard InChI is InChI=1S/C14H19NO6/c1-15-12(16)8-21-13(17)7-9-5-10(18-2)14(20-4)11(6-9)19-3/h5-6H,7-8H2,1-4H3,(H,15,16). The van der Waals surface area contributed by atoms with Crippen LogP contribution in [0.1, 0.15) is 5.56 Å². The Balaban J connectivity index is 2.83. The lowest BCUT2D eigenvalue weighted by atomic mass is 10.1. The molecule has 1 amide bonds. The van der Waals surface area contributed by atoms with Crippen molar-refractivity contribution in [1.82, 2.24) is 5.32 Å². The molecule has 1 N–H and O–H groups in total. The molecule has 1 aromatic rings. The molecule has 1 aromatic carbocycles. The number of carbonyl (C=O) groups excluding carboxylic acids is 2. The zero-order valence-corrected chi connectivity index (χ0v) is 12.5. The highest BCUT2D eigenvalue weighted by Crippen LogP contribution is 2.38. The first-order chi connectivity index (χ1) is 10.0. The highest BCUT2D eigenvalue weighted by molar-refractivity contribution is 5.81. The SMILES string of the molecule is CNC(=O)COC(=O)Cc1cc(OC)c(OC)c(OC)c1. The molecule has 116 valence electrons. The Labute approximate surface area is 123 Å². The molecule has 0 unspecified atom stereocenters. The van der Waals surface area contributed by atoms with E-state index in [-0.39, 0.29) is 18.9 Å². The number of nitrogens with one attached hydrogen (secondary N) is 1. The van der Waals surface area contributed by atoms with E-state index in [2.05, 4.69) is 5.32 Å². The second-order valence-corrected chi connectivity index (χ2v) is 4.04. The van der Waals surface area contributed by atoms with Crippen LogP contribution in [0.4, 0.5) is 0 Å². The van der Waals surface area contributed by atoms with Gasteiger partial charge in [0.2, 0.25) is 5.75 Å². The largest absolute Gasteiger partial charge is 0.493 e. The number of methoxy groups -OCH3 is 3. The number of likely N-dealkylation sites (N-methyl/N-ethyl adjacent to an activating group) is 1. The second-order valence-electron chi connectivity index (χ2n) is 4.04. The third-order valence-electron chi connectivity index (χ3n) is 2.72. The Morgan fingerprint density at radius 3 is 2.05 bits per heavy atom. The van der Waals surface area contributed by atoms with Crippen molar-refractivity contribution in [2.24, 2.45) is 0 Å². The van der Waals surface area contributed by atoms with Gasteiger partial charge < -0.3 is 24.3 Å². The minimum Gasteiger partial charge on any atom is -0.493 e. The van der Waals surface area contributed by atoms with Gasteiger partial charge in [0.25, 0.3) is 5.91 Å². The molecule has 1 rings (SSSR count). The smallest absolute Gasteiger partial charge is 0.310 e. The fourth-order valence-electron chi connectivity index (χ4n) is 1.67. The summed E-state index contributed by atoms with van der Waals surface area (Å²) in [6.45, 7) is -0.306. The molecule has 0 saturated carbocycles. The van der Waals surface area contributed by atoms with Crippen molar-refractivity contribution in [2.75, 3.05) is 35.0 Å². The van der Waals surface area contributed by atoms with Gasteiger partial charge >= 0.3 is 5.97 Å². The van der Waals surface area contributed by atoms with Crippen molar-refractivity contribution in [3.63, 3.8) is 0 Å². The number of hydrogen-bond acceptors (Lipinski definition) is 6. The maximum absolute atomic E-state index is 11.7. The molecule has 0 aliphatic heterocycles. The first-order valence-corrected chi connectivity index (χ1v) is 6.20. The van der Waals surface area contributed by atoms with Crippen LogP contribution in [-0.2, 0) is 20.7 Å². The van der Waals surface area contributed by atoms with E-state index in [1.807, 2.05) is 0 Å². The normalized spacial score (nSPS) is 9.71. The molecule has 0 aromatic heterocycles. The minimum absolute atomic E-state index is 0.00624. The summed E-state index contributed by atoms with van der Waals surface area (Å²) in [5, 5.41) is 2.36. The molecule has 0 heterocycles. The van der Waals surface area contributed by atoms with Crippen LogP contribution < -0.4 is 19.5 Å². The van der Waals surface area contributed by atoms with E-state index >= 15 is 0 Å². The van der Waals surface area contributed by atoms with Crippen molar-refractivity contribution < 1.29 is 28.5 Å². The number of benzene rings is 1. The van der Waals surface area contributed by atoms with Gasteiger partial charge in [-0.25, -0.2) is 0 Å². The van der Waals surface area contributed by atoms with Crippen molar-refractivity contribution in [3.05, 3.63) is 17.7 Å². The summed E-state index contributed by atoms with van der Waals surface area (Å²) in [5.74, 6) is 0.459. The molecule has 0 aliphatic rings. The maximum atomic E-state index is 11.7. The molecule has 7 nitrogen and oxygen atoms in total. The minimum atomic E-state index is -0.520. The summed E-state index contributed by atoms with van der Waals surface area (Å²) in [7, 11) is 5.95. The van der Waals surface area contributed by atoms with E-state index in [4.69, 9.17) is 18.9 Å². The second kappa shape index (κ2) is 7.98. The molecule has 0 atom stereocenters. The summed E-state index contributed by atoms with van der Waals surface area (Å²) in [6.07, 6.45) is -0.00624. The van der Waals surface area contributed by atoms with Gasteiger partial charge in [0.05, 0.1) is 27.8 Å². The van der Waals surface area contributed by atoms with Gasteiger partial charge in [-0.3, -0.25) is 9.59 Å². The van der Waals surface area contributed by atoms with E-state index in [1.165, 1.54) is 28.4 Å². The summed E-state index contributed by atoms with van der Waals surface area (Å²) in [6, 6.07) is 3.31. The van der Waals surface area contributed by atoms with Crippen LogP contribution in [0.15, 0.2) is 12.1 Å². The topological polar surface area (TPSA) is 83.1 Å². The Morgan fingerprint density at radius 1 is 1.05 bits per heavy atom. The van der Waals surface area contributed by atoms with Crippen LogP contribution in [-0.4, -0.2) is 46.9 Å². The average Bonchev–Trinajstić information content (AvgIpc) is 2.51. The highest BCUT2D eigenvalue weighted by Gasteiger charge is 2.15. The maximum Gasteiger partial charge on any atom is 0.310 e. The van der Waals surface area contributed by atoms with Gasteiger partial charge in [0.15, 0.2) is 18.1 Å². The van der Waals surface area contributed by atoms with Crippen molar-refractivity contribution >= 4 is 11.9 Å². The van der Waals surface area contributed by atoms with Crippen molar-refractivity contribution in [1.29, 1.82) is 0 Å². The average molecular weight is 297 g/mol. The molecule has 7 heteroatoms. The molecular formula is C14H19NO6. The fraction of sp³-hybridized carbons (Fsp3) is 0.429. The molecule has 0 fully saturated rings. The van der Waals surface area contributed by atoms with E-state index in [0.717, 1.165) is 0 Å². The van der Waals surface area contributed by atoms with E-state index < -0.39 is 5.97 Å². The van der Waals surface area contributed by atoms with Crippen LogP contribution in [0, 0.1) is 0 Å². The van der Waals surface area contributed by atoms with Crippen LogP contribution in [0.25, 0.3) is 0 Å². The van der Waals surface area contributed by atoms with E-state index in [1.54, 1.807) is 12.1 Å². The van der Waals surface area contributed by atoms with Crippen molar-refractivity contribution in [2.45, 2.75) is 6.42 Å². The zero-order chi connectivity index (χ0) is 15.8. The predicted octanol–water partition coefficient (Wildman–Crippen LogP) is 0.544. The molecule has 21 heavy (non-hydrogen) atoms. The number of hydrogen-bond donors (Lipinski definition) is 1. The monoisotopic (exact) mass is 297 g/mol. The quantitative estimate of drug-likeness (QED) is 0.740. The predicted molar refractivity (Wildman–Crippen MR) is 74.8 cm³/mol. The first-order valence-electron chi connectivity index (χ1n) is 6.20. The van der Waals surface area contributed by atoms with Gasteiger partial charge in [-0.2, -0.15) is 0 Å². The lowest BCUT2D eigenvalue weighted by molar-refractivity contribution is -0.147. The third kappa shape index (κ3) is 4.55. The Kier molecular flexibility index (Phi) is 6.32. The highest BCUT2D eigenvalue weighted by atomic mass is 16.5. The number of amides is 1. The molecule has 0 saturated heterocycles. The van der Waals surface area contributed by atoms with Crippen molar-refractivity contribution in [3.8, 4) is 17.2 Å². The lowest BCUT2D eigenvalue weighted by Crippen LogP contribution is -2.25. The van der Waals surface area contributed by atoms with E-state index in [9.17, 15) is 9.59 Å². The van der Waals surface area contributed by atoms with Crippen LogP contribution in [0.5, 0.6) is 17.2 Å². The summed E-state index contributed by atoms with van der Waals surface area (Å²) in [4.78, 5) is 22.7. The molecule has 0 bridgehead atoms. The van der Waals surface area contributed by atoms with Gasteiger partial charge in [0, 0.05) is 7.05 Å². The van der Waals surface area contributed by atoms with Crippen LogP contribution in [0.2, 0.25) is 0 Å². The number of carbonyl (C=O) groups is 2. The van der Waals surface area contributed by atoms with Crippen LogP contribution >= 0.6 is 0 Å². The zero-order valence-electron chi connectivity index (χ0n) is 12.5. The van der Waals surface area contributed by atoms with E-state index in [0.29, 0.717) is 22.8 Å². The van der Waals surface area contributed by atoms with Gasteiger partial charge in [-0.1, -0.05) is 0 Å². The first kappa shape index (κ1) is 16.6. The molecular weight excluding hydrogens is 278 g/mol. The van der Waals surface area contributed by atoms with Gasteiger partial charge in [-0.05, 0) is 17.7 Å². The molecule has 0 aliphatic carbocycles. The number of esters is 1. The summed E-state index contributed by atoms with van der Waals surface area (Å²) >= 11 is 0. The Hall–Kier alpha value is -2.44. The third-order valence-corrected chi connectivity index (χ3v) is 2.72. The Bertz CT molecular complexity index is 489. The molecule has 0 radical (unpaired) electrons.